The maximum Gasteiger partial charge on any atom is 0.213 e. The van der Waals surface area contributed by atoms with E-state index in [1.54, 1.807) is 0 Å². The summed E-state index contributed by atoms with van der Waals surface area (Å²) in [7, 11) is 0. The van der Waals surface area contributed by atoms with E-state index in [0.29, 0.717) is 0 Å². The Balaban J connectivity index is 1.74. The molecule has 2 aromatic heterocycles. The van der Waals surface area contributed by atoms with Crippen LogP contribution in [0.4, 0.5) is 0 Å². The van der Waals surface area contributed by atoms with E-state index >= 15 is 0 Å². The zero-order chi connectivity index (χ0) is 17.3. The Morgan fingerprint density at radius 2 is 1.81 bits per heavy atom. The zero-order valence-electron chi connectivity index (χ0n) is 14.3. The van der Waals surface area contributed by atoms with Gasteiger partial charge in [0.2, 0.25) is 5.95 Å². The molecular weight excluding hydrogens is 320 g/mol. The third kappa shape index (κ3) is 2.47. The van der Waals surface area contributed by atoms with Crippen molar-refractivity contribution in [3.05, 3.63) is 84.8 Å². The first-order valence-electron chi connectivity index (χ1n) is 8.84. The van der Waals surface area contributed by atoms with Crippen LogP contribution in [0, 0.1) is 0 Å². The predicted molar refractivity (Wildman–Crippen MR) is 105 cm³/mol. The van der Waals surface area contributed by atoms with Gasteiger partial charge in [-0.05, 0) is 30.5 Å². The van der Waals surface area contributed by atoms with E-state index in [-0.39, 0.29) is 0 Å². The van der Waals surface area contributed by atoms with Crippen molar-refractivity contribution < 1.29 is 0 Å². The molecule has 0 amide bonds. The summed E-state index contributed by atoms with van der Waals surface area (Å²) in [5.41, 5.74) is 6.49. The smallest absolute Gasteiger partial charge is 0.213 e. The number of fused-ring (bicyclic) bond motifs is 1. The summed E-state index contributed by atoms with van der Waals surface area (Å²) in [5.74, 6) is 0.798. The Labute approximate surface area is 151 Å². The van der Waals surface area contributed by atoms with Gasteiger partial charge >= 0.3 is 0 Å². The van der Waals surface area contributed by atoms with Crippen LogP contribution in [-0.2, 0) is 0 Å². The van der Waals surface area contributed by atoms with Gasteiger partial charge in [0.05, 0.1) is 22.4 Å². The first-order valence-corrected chi connectivity index (χ1v) is 8.84. The van der Waals surface area contributed by atoms with Gasteiger partial charge in [-0.2, -0.15) is 0 Å². The highest BCUT2D eigenvalue weighted by molar-refractivity contribution is 5.80. The topological polar surface area (TPSA) is 46.5 Å². The number of hydrogen-bond donors (Lipinski definition) is 1. The number of imidazole rings is 2. The van der Waals surface area contributed by atoms with Crippen molar-refractivity contribution in [2.75, 3.05) is 0 Å². The Morgan fingerprint density at radius 3 is 2.62 bits per heavy atom. The summed E-state index contributed by atoms with van der Waals surface area (Å²) >= 11 is 0. The van der Waals surface area contributed by atoms with Crippen molar-refractivity contribution in [3.63, 3.8) is 0 Å². The molecule has 1 aliphatic carbocycles. The standard InChI is InChI=1S/C22H18N4/c1-3-9-16(10-4-1)20-21(17-11-5-2-6-12-17)26(15-23-20)22-24-18-13-7-8-14-19(18)25-22/h1-5,7-11,13-15H,6,12H2,(H,24,25). The molecular formula is C22H18N4. The highest BCUT2D eigenvalue weighted by Gasteiger charge is 2.19. The van der Waals surface area contributed by atoms with Crippen LogP contribution in [0.25, 0.3) is 33.8 Å². The first-order chi connectivity index (χ1) is 12.9. The summed E-state index contributed by atoms with van der Waals surface area (Å²) in [6.45, 7) is 0. The maximum atomic E-state index is 4.77. The molecule has 0 saturated heterocycles. The lowest BCUT2D eigenvalue weighted by atomic mass is 9.98. The van der Waals surface area contributed by atoms with E-state index in [1.165, 1.54) is 5.57 Å². The summed E-state index contributed by atoms with van der Waals surface area (Å²) in [6, 6.07) is 18.4. The quantitative estimate of drug-likeness (QED) is 0.561. The number of hydrogen-bond acceptors (Lipinski definition) is 2. The van der Waals surface area contributed by atoms with Gasteiger partial charge in [-0.1, -0.05) is 60.7 Å². The number of aromatic nitrogens is 4. The van der Waals surface area contributed by atoms with Gasteiger partial charge in [-0.3, -0.25) is 4.57 Å². The molecule has 0 unspecified atom stereocenters. The van der Waals surface area contributed by atoms with E-state index in [4.69, 9.17) is 9.97 Å². The Kier molecular flexibility index (Phi) is 3.53. The number of benzene rings is 2. The van der Waals surface area contributed by atoms with Gasteiger partial charge in [0.25, 0.3) is 0 Å². The second-order valence-corrected chi connectivity index (χ2v) is 6.41. The largest absolute Gasteiger partial charge is 0.323 e. The fraction of sp³-hybridized carbons (Fsp3) is 0.0909. The summed E-state index contributed by atoms with van der Waals surface area (Å²) in [6.07, 6.45) is 10.4. The van der Waals surface area contributed by atoms with Crippen LogP contribution >= 0.6 is 0 Å². The number of allylic oxidation sites excluding steroid dienone is 4. The highest BCUT2D eigenvalue weighted by Crippen LogP contribution is 2.33. The number of nitrogens with zero attached hydrogens (tertiary/aromatic N) is 3. The molecule has 0 bridgehead atoms. The van der Waals surface area contributed by atoms with E-state index in [0.717, 1.165) is 46.8 Å². The number of nitrogens with one attached hydrogen (secondary N) is 1. The SMILES string of the molecule is C1=CCCC(c2c(-c3ccccc3)ncn2-c2nc3ccccc3[nH]2)=C1. The van der Waals surface area contributed by atoms with Crippen molar-refractivity contribution in [1.82, 2.24) is 19.5 Å². The summed E-state index contributed by atoms with van der Waals surface area (Å²) < 4.78 is 2.08. The molecule has 2 aromatic carbocycles. The lowest BCUT2D eigenvalue weighted by Crippen LogP contribution is -2.03. The number of para-hydroxylation sites is 2. The van der Waals surface area contributed by atoms with E-state index < -0.39 is 0 Å². The molecule has 1 N–H and O–H groups in total. The number of H-pyrrole nitrogens is 1. The summed E-state index contributed by atoms with van der Waals surface area (Å²) in [4.78, 5) is 12.9. The fourth-order valence-electron chi connectivity index (χ4n) is 3.48. The van der Waals surface area contributed by atoms with Gasteiger partial charge in [0, 0.05) is 5.56 Å². The van der Waals surface area contributed by atoms with Gasteiger partial charge in [-0.15, -0.1) is 0 Å². The molecule has 126 valence electrons. The Hall–Kier alpha value is -3.40. The molecule has 0 spiro atoms. The average Bonchev–Trinajstić information content (AvgIpc) is 3.33. The third-order valence-corrected chi connectivity index (χ3v) is 4.74. The monoisotopic (exact) mass is 338 g/mol. The molecule has 0 saturated carbocycles. The second kappa shape index (κ2) is 6.15. The van der Waals surface area contributed by atoms with Gasteiger partial charge in [-0.25, -0.2) is 9.97 Å². The van der Waals surface area contributed by atoms with Crippen molar-refractivity contribution in [2.24, 2.45) is 0 Å². The van der Waals surface area contributed by atoms with Gasteiger partial charge in [0.1, 0.15) is 6.33 Å². The minimum atomic E-state index is 0.798. The van der Waals surface area contributed by atoms with Crippen LogP contribution in [-0.4, -0.2) is 19.5 Å². The van der Waals surface area contributed by atoms with Crippen LogP contribution in [0.5, 0.6) is 0 Å². The molecule has 26 heavy (non-hydrogen) atoms. The number of rotatable bonds is 3. The molecule has 0 radical (unpaired) electrons. The van der Waals surface area contributed by atoms with E-state index in [1.807, 2.05) is 36.7 Å². The molecule has 0 atom stereocenters. The molecule has 1 aliphatic rings. The van der Waals surface area contributed by atoms with Crippen molar-refractivity contribution in [2.45, 2.75) is 12.8 Å². The summed E-state index contributed by atoms with van der Waals surface area (Å²) in [5, 5.41) is 0. The molecule has 4 heteroatoms. The maximum absolute atomic E-state index is 4.77. The molecule has 4 aromatic rings. The van der Waals surface area contributed by atoms with E-state index in [2.05, 4.69) is 52.0 Å². The fourth-order valence-corrected chi connectivity index (χ4v) is 3.48. The van der Waals surface area contributed by atoms with Gasteiger partial charge < -0.3 is 4.98 Å². The highest BCUT2D eigenvalue weighted by atomic mass is 15.2. The molecule has 2 heterocycles. The lowest BCUT2D eigenvalue weighted by Gasteiger charge is -2.13. The minimum Gasteiger partial charge on any atom is -0.323 e. The van der Waals surface area contributed by atoms with Crippen molar-refractivity contribution in [3.8, 4) is 17.2 Å². The van der Waals surface area contributed by atoms with Crippen LogP contribution in [0.15, 0.2) is 79.2 Å². The Morgan fingerprint density at radius 1 is 0.962 bits per heavy atom. The van der Waals surface area contributed by atoms with Gasteiger partial charge in [0.15, 0.2) is 0 Å². The van der Waals surface area contributed by atoms with Crippen LogP contribution < -0.4 is 0 Å². The average molecular weight is 338 g/mol. The van der Waals surface area contributed by atoms with Crippen LogP contribution in [0.3, 0.4) is 0 Å². The normalized spacial score (nSPS) is 13.9. The van der Waals surface area contributed by atoms with E-state index in [9.17, 15) is 0 Å². The second-order valence-electron chi connectivity index (χ2n) is 6.41. The molecule has 4 nitrogen and oxygen atoms in total. The van der Waals surface area contributed by atoms with Crippen molar-refractivity contribution >= 4 is 16.6 Å². The van der Waals surface area contributed by atoms with Crippen LogP contribution in [0.2, 0.25) is 0 Å². The van der Waals surface area contributed by atoms with Crippen molar-refractivity contribution in [1.29, 1.82) is 0 Å². The third-order valence-electron chi connectivity index (χ3n) is 4.74. The zero-order valence-corrected chi connectivity index (χ0v) is 14.3. The molecule has 0 fully saturated rings. The minimum absolute atomic E-state index is 0.798. The lowest BCUT2D eigenvalue weighted by molar-refractivity contribution is 0.933. The predicted octanol–water partition coefficient (Wildman–Crippen LogP) is 5.15. The molecule has 5 rings (SSSR count). The molecule has 0 aliphatic heterocycles. The Bertz CT molecular complexity index is 1100. The number of aromatic amines is 1. The first kappa shape index (κ1) is 14.9. The van der Waals surface area contributed by atoms with Crippen LogP contribution in [0.1, 0.15) is 18.5 Å².